The van der Waals surface area contributed by atoms with Crippen LogP contribution in [0.2, 0.25) is 0 Å². The van der Waals surface area contributed by atoms with E-state index in [1.54, 1.807) is 0 Å². The summed E-state index contributed by atoms with van der Waals surface area (Å²) in [7, 11) is 0. The van der Waals surface area contributed by atoms with E-state index in [9.17, 15) is 0 Å². The third-order valence-corrected chi connectivity index (χ3v) is 2.67. The van der Waals surface area contributed by atoms with Crippen molar-refractivity contribution in [3.05, 3.63) is 11.9 Å². The average molecular weight is 181 g/mol. The molecule has 0 aliphatic heterocycles. The Bertz CT molecular complexity index is 266. The molecule has 0 saturated heterocycles. The highest BCUT2D eigenvalue weighted by Crippen LogP contribution is 2.27. The van der Waals surface area contributed by atoms with Gasteiger partial charge < -0.3 is 5.11 Å². The predicted molar refractivity (Wildman–Crippen MR) is 48.1 cm³/mol. The molecule has 1 fully saturated rings. The van der Waals surface area contributed by atoms with E-state index in [0.717, 1.165) is 0 Å². The number of nitrogens with zero attached hydrogens (tertiary/aromatic N) is 3. The third-order valence-electron chi connectivity index (χ3n) is 2.67. The van der Waals surface area contributed by atoms with Crippen molar-refractivity contribution in [3.8, 4) is 0 Å². The Hall–Kier alpha value is -0.900. The number of aliphatic hydroxyl groups excluding tert-OH is 1. The first-order valence-electron chi connectivity index (χ1n) is 4.91. The monoisotopic (exact) mass is 181 g/mol. The van der Waals surface area contributed by atoms with Crippen molar-refractivity contribution < 1.29 is 5.11 Å². The molecule has 1 N–H and O–H groups in total. The van der Waals surface area contributed by atoms with Gasteiger partial charge in [-0.05, 0) is 12.8 Å². The SMILES string of the molecule is OCc1cn(C2CCCCC2)nn1. The van der Waals surface area contributed by atoms with Gasteiger partial charge in [0.15, 0.2) is 0 Å². The molecule has 0 atom stereocenters. The standard InChI is InChI=1S/C9H15N3O/c13-7-8-6-12(11-10-8)9-4-2-1-3-5-9/h6,9,13H,1-5,7H2. The number of aliphatic hydroxyl groups is 1. The molecule has 0 unspecified atom stereocenters. The number of rotatable bonds is 2. The van der Waals surface area contributed by atoms with E-state index in [4.69, 9.17) is 5.11 Å². The fraction of sp³-hybridized carbons (Fsp3) is 0.778. The molecule has 1 aliphatic carbocycles. The van der Waals surface area contributed by atoms with Crippen LogP contribution in [0.4, 0.5) is 0 Å². The van der Waals surface area contributed by atoms with Gasteiger partial charge in [-0.25, -0.2) is 4.68 Å². The number of hydrogen-bond acceptors (Lipinski definition) is 3. The minimum absolute atomic E-state index is 0.00722. The second-order valence-corrected chi connectivity index (χ2v) is 3.64. The van der Waals surface area contributed by atoms with Crippen LogP contribution in [-0.2, 0) is 6.61 Å². The summed E-state index contributed by atoms with van der Waals surface area (Å²) in [6, 6.07) is 0.515. The van der Waals surface area contributed by atoms with Crippen molar-refractivity contribution in [2.45, 2.75) is 44.8 Å². The molecule has 0 aromatic carbocycles. The van der Waals surface area contributed by atoms with Crippen molar-refractivity contribution in [1.29, 1.82) is 0 Å². The van der Waals surface area contributed by atoms with Gasteiger partial charge in [-0.1, -0.05) is 24.5 Å². The molecule has 72 valence electrons. The van der Waals surface area contributed by atoms with Crippen molar-refractivity contribution in [2.75, 3.05) is 0 Å². The largest absolute Gasteiger partial charge is 0.390 e. The summed E-state index contributed by atoms with van der Waals surface area (Å²) in [5, 5.41) is 16.7. The molecular formula is C9H15N3O. The van der Waals surface area contributed by atoms with Gasteiger partial charge in [-0.3, -0.25) is 0 Å². The van der Waals surface area contributed by atoms with E-state index in [0.29, 0.717) is 11.7 Å². The van der Waals surface area contributed by atoms with Gasteiger partial charge in [0.2, 0.25) is 0 Å². The Morgan fingerprint density at radius 2 is 2.15 bits per heavy atom. The van der Waals surface area contributed by atoms with Crippen molar-refractivity contribution in [2.24, 2.45) is 0 Å². The first kappa shape index (κ1) is 8.69. The van der Waals surface area contributed by atoms with Crippen LogP contribution in [0.15, 0.2) is 6.20 Å². The summed E-state index contributed by atoms with van der Waals surface area (Å²) in [5.41, 5.74) is 0.672. The van der Waals surface area contributed by atoms with Gasteiger partial charge in [0.1, 0.15) is 5.69 Å². The van der Waals surface area contributed by atoms with Crippen LogP contribution in [0.5, 0.6) is 0 Å². The highest BCUT2D eigenvalue weighted by Gasteiger charge is 2.16. The van der Waals surface area contributed by atoms with Crippen LogP contribution in [0, 0.1) is 0 Å². The lowest BCUT2D eigenvalue weighted by Gasteiger charge is -2.20. The highest BCUT2D eigenvalue weighted by atomic mass is 16.3. The van der Waals surface area contributed by atoms with Crippen LogP contribution in [0.1, 0.15) is 43.8 Å². The van der Waals surface area contributed by atoms with Gasteiger partial charge in [-0.2, -0.15) is 0 Å². The summed E-state index contributed by atoms with van der Waals surface area (Å²) in [5.74, 6) is 0. The maximum Gasteiger partial charge on any atom is 0.108 e. The first-order chi connectivity index (χ1) is 6.40. The van der Waals surface area contributed by atoms with Crippen LogP contribution in [-0.4, -0.2) is 20.1 Å². The zero-order chi connectivity index (χ0) is 9.10. The molecule has 1 saturated carbocycles. The molecular weight excluding hydrogens is 166 g/mol. The minimum atomic E-state index is -0.00722. The predicted octanol–water partition coefficient (Wildman–Crippen LogP) is 1.28. The Labute approximate surface area is 77.6 Å². The second kappa shape index (κ2) is 3.87. The summed E-state index contributed by atoms with van der Waals surface area (Å²) >= 11 is 0. The quantitative estimate of drug-likeness (QED) is 0.747. The van der Waals surface area contributed by atoms with Crippen molar-refractivity contribution in [3.63, 3.8) is 0 Å². The fourth-order valence-electron chi connectivity index (χ4n) is 1.91. The summed E-state index contributed by atoms with van der Waals surface area (Å²) in [4.78, 5) is 0. The molecule has 0 radical (unpaired) electrons. The van der Waals surface area contributed by atoms with E-state index < -0.39 is 0 Å². The van der Waals surface area contributed by atoms with Crippen molar-refractivity contribution in [1.82, 2.24) is 15.0 Å². The molecule has 1 aliphatic rings. The molecule has 13 heavy (non-hydrogen) atoms. The lowest BCUT2D eigenvalue weighted by Crippen LogP contribution is -2.13. The first-order valence-corrected chi connectivity index (χ1v) is 4.91. The number of aromatic nitrogens is 3. The van der Waals surface area contributed by atoms with E-state index in [2.05, 4.69) is 10.3 Å². The van der Waals surface area contributed by atoms with Gasteiger partial charge in [0.05, 0.1) is 18.8 Å². The topological polar surface area (TPSA) is 50.9 Å². The Morgan fingerprint density at radius 3 is 2.77 bits per heavy atom. The smallest absolute Gasteiger partial charge is 0.108 e. The molecule has 0 amide bonds. The van der Waals surface area contributed by atoms with E-state index in [1.165, 1.54) is 32.1 Å². The Kier molecular flexibility index (Phi) is 2.59. The summed E-state index contributed by atoms with van der Waals surface area (Å²) < 4.78 is 1.91. The zero-order valence-corrected chi connectivity index (χ0v) is 7.69. The van der Waals surface area contributed by atoms with E-state index in [1.807, 2.05) is 10.9 Å². The Balaban J connectivity index is 2.05. The van der Waals surface area contributed by atoms with Crippen LogP contribution >= 0.6 is 0 Å². The lowest BCUT2D eigenvalue weighted by molar-refractivity contribution is 0.276. The van der Waals surface area contributed by atoms with Gasteiger partial charge in [0, 0.05) is 0 Å². The number of hydrogen-bond donors (Lipinski definition) is 1. The van der Waals surface area contributed by atoms with E-state index in [-0.39, 0.29) is 6.61 Å². The summed E-state index contributed by atoms with van der Waals surface area (Å²) in [6.07, 6.45) is 8.19. The van der Waals surface area contributed by atoms with E-state index >= 15 is 0 Å². The normalized spacial score (nSPS) is 19.2. The second-order valence-electron chi connectivity index (χ2n) is 3.64. The molecule has 1 heterocycles. The van der Waals surface area contributed by atoms with Crippen LogP contribution in [0.25, 0.3) is 0 Å². The minimum Gasteiger partial charge on any atom is -0.390 e. The van der Waals surface area contributed by atoms with Crippen LogP contribution < -0.4 is 0 Å². The van der Waals surface area contributed by atoms with Gasteiger partial charge in [0.25, 0.3) is 0 Å². The molecule has 4 heteroatoms. The molecule has 4 nitrogen and oxygen atoms in total. The maximum atomic E-state index is 8.83. The van der Waals surface area contributed by atoms with Crippen molar-refractivity contribution >= 4 is 0 Å². The highest BCUT2D eigenvalue weighted by molar-refractivity contribution is 4.91. The third kappa shape index (κ3) is 1.88. The zero-order valence-electron chi connectivity index (χ0n) is 7.69. The average Bonchev–Trinajstić information content (AvgIpc) is 2.67. The lowest BCUT2D eigenvalue weighted by atomic mass is 9.96. The molecule has 1 aromatic rings. The van der Waals surface area contributed by atoms with Gasteiger partial charge >= 0.3 is 0 Å². The van der Waals surface area contributed by atoms with Crippen LogP contribution in [0.3, 0.4) is 0 Å². The Morgan fingerprint density at radius 1 is 1.38 bits per heavy atom. The molecule has 0 spiro atoms. The van der Waals surface area contributed by atoms with Gasteiger partial charge in [-0.15, -0.1) is 5.10 Å². The maximum absolute atomic E-state index is 8.83. The molecule has 2 rings (SSSR count). The molecule has 1 aromatic heterocycles. The molecule has 0 bridgehead atoms. The fourth-order valence-corrected chi connectivity index (χ4v) is 1.91. The summed E-state index contributed by atoms with van der Waals surface area (Å²) in [6.45, 7) is -0.00722.